The van der Waals surface area contributed by atoms with E-state index in [9.17, 15) is 14.4 Å². The third kappa shape index (κ3) is 5.87. The van der Waals surface area contributed by atoms with Crippen molar-refractivity contribution >= 4 is 46.8 Å². The van der Waals surface area contributed by atoms with Crippen molar-refractivity contribution in [3.63, 3.8) is 0 Å². The number of ether oxygens (including phenoxy) is 1. The van der Waals surface area contributed by atoms with Gasteiger partial charge in [-0.3, -0.25) is 9.59 Å². The standard InChI is InChI=1S/C21H21Cl2N3O4/c22-17-7-4-8-18(23)16(17)13-20(28)30-14-19(27)25-9-11-26(12-10-25)21(29)24-15-5-2-1-3-6-15/h1-8H,9-14H2,(H,24,29). The molecule has 0 bridgehead atoms. The lowest BCUT2D eigenvalue weighted by molar-refractivity contribution is -0.152. The Hall–Kier alpha value is -2.77. The number of piperazine rings is 1. The minimum Gasteiger partial charge on any atom is -0.455 e. The Morgan fingerprint density at radius 1 is 0.867 bits per heavy atom. The quantitative estimate of drug-likeness (QED) is 0.708. The third-order valence-corrected chi connectivity index (χ3v) is 5.39. The molecule has 0 atom stereocenters. The van der Waals surface area contributed by atoms with Gasteiger partial charge in [0.25, 0.3) is 5.91 Å². The summed E-state index contributed by atoms with van der Waals surface area (Å²) in [7, 11) is 0. The van der Waals surface area contributed by atoms with Crippen LogP contribution in [0.25, 0.3) is 0 Å². The Morgan fingerprint density at radius 3 is 2.10 bits per heavy atom. The van der Waals surface area contributed by atoms with Gasteiger partial charge in [-0.2, -0.15) is 0 Å². The maximum absolute atomic E-state index is 12.3. The van der Waals surface area contributed by atoms with Gasteiger partial charge in [0.1, 0.15) is 0 Å². The second-order valence-corrected chi connectivity index (χ2v) is 7.52. The fourth-order valence-electron chi connectivity index (χ4n) is 3.01. The first kappa shape index (κ1) is 21.9. The van der Waals surface area contributed by atoms with Crippen molar-refractivity contribution in [1.82, 2.24) is 9.80 Å². The van der Waals surface area contributed by atoms with E-state index in [2.05, 4.69) is 5.32 Å². The Balaban J connectivity index is 1.42. The molecular formula is C21H21Cl2N3O4. The lowest BCUT2D eigenvalue weighted by Crippen LogP contribution is -2.52. The van der Waals surface area contributed by atoms with Crippen molar-refractivity contribution in [2.45, 2.75) is 6.42 Å². The molecule has 1 heterocycles. The van der Waals surface area contributed by atoms with Gasteiger partial charge in [-0.1, -0.05) is 47.5 Å². The SMILES string of the molecule is O=C(Cc1c(Cl)cccc1Cl)OCC(=O)N1CCN(C(=O)Nc2ccccc2)CC1. The molecule has 0 aromatic heterocycles. The van der Waals surface area contributed by atoms with Gasteiger partial charge in [0.15, 0.2) is 6.61 Å². The summed E-state index contributed by atoms with van der Waals surface area (Å²) in [6.45, 7) is 1.17. The molecule has 7 nitrogen and oxygen atoms in total. The Bertz CT molecular complexity index is 895. The Morgan fingerprint density at radius 2 is 1.47 bits per heavy atom. The van der Waals surface area contributed by atoms with E-state index in [0.29, 0.717) is 47.5 Å². The van der Waals surface area contributed by atoms with Crippen LogP contribution < -0.4 is 5.32 Å². The van der Waals surface area contributed by atoms with Gasteiger partial charge in [-0.25, -0.2) is 4.79 Å². The number of benzene rings is 2. The molecule has 158 valence electrons. The maximum Gasteiger partial charge on any atom is 0.321 e. The fraction of sp³-hybridized carbons (Fsp3) is 0.286. The van der Waals surface area contributed by atoms with Crippen molar-refractivity contribution < 1.29 is 19.1 Å². The zero-order valence-electron chi connectivity index (χ0n) is 16.1. The second-order valence-electron chi connectivity index (χ2n) is 6.70. The van der Waals surface area contributed by atoms with Gasteiger partial charge in [-0.05, 0) is 24.3 Å². The highest BCUT2D eigenvalue weighted by Gasteiger charge is 2.25. The van der Waals surface area contributed by atoms with E-state index in [1.54, 1.807) is 28.0 Å². The normalized spacial score (nSPS) is 13.7. The largest absolute Gasteiger partial charge is 0.455 e. The van der Waals surface area contributed by atoms with Crippen molar-refractivity contribution in [1.29, 1.82) is 0 Å². The van der Waals surface area contributed by atoms with Crippen LogP contribution in [0, 0.1) is 0 Å². The number of hydrogen-bond acceptors (Lipinski definition) is 4. The zero-order chi connectivity index (χ0) is 21.5. The summed E-state index contributed by atoms with van der Waals surface area (Å²) in [6.07, 6.45) is -0.112. The summed E-state index contributed by atoms with van der Waals surface area (Å²) in [6, 6.07) is 13.9. The van der Waals surface area contributed by atoms with E-state index in [1.165, 1.54) is 0 Å². The monoisotopic (exact) mass is 449 g/mol. The number of carbonyl (C=O) groups is 3. The van der Waals surface area contributed by atoms with E-state index in [0.717, 1.165) is 0 Å². The van der Waals surface area contributed by atoms with Crippen LogP contribution in [0.3, 0.4) is 0 Å². The lowest BCUT2D eigenvalue weighted by Gasteiger charge is -2.34. The number of anilines is 1. The predicted molar refractivity (Wildman–Crippen MR) is 115 cm³/mol. The number of para-hydroxylation sites is 1. The molecule has 0 spiro atoms. The smallest absolute Gasteiger partial charge is 0.321 e. The molecule has 2 aromatic carbocycles. The molecule has 3 amide bonds. The summed E-state index contributed by atoms with van der Waals surface area (Å²) in [4.78, 5) is 39.9. The first-order chi connectivity index (χ1) is 14.4. The average Bonchev–Trinajstić information content (AvgIpc) is 2.75. The molecule has 0 radical (unpaired) electrons. The lowest BCUT2D eigenvalue weighted by atomic mass is 10.1. The number of halogens is 2. The number of hydrogen-bond donors (Lipinski definition) is 1. The molecule has 1 aliphatic rings. The van der Waals surface area contributed by atoms with Crippen LogP contribution in [0.5, 0.6) is 0 Å². The number of amides is 3. The molecule has 0 aliphatic carbocycles. The van der Waals surface area contributed by atoms with Crippen molar-refractivity contribution in [3.05, 3.63) is 64.1 Å². The highest BCUT2D eigenvalue weighted by molar-refractivity contribution is 6.36. The summed E-state index contributed by atoms with van der Waals surface area (Å²) < 4.78 is 5.08. The summed E-state index contributed by atoms with van der Waals surface area (Å²) in [5.41, 5.74) is 1.18. The van der Waals surface area contributed by atoms with Crippen molar-refractivity contribution in [2.24, 2.45) is 0 Å². The van der Waals surface area contributed by atoms with Crippen LogP contribution in [-0.4, -0.2) is 60.5 Å². The highest BCUT2D eigenvalue weighted by atomic mass is 35.5. The van der Waals surface area contributed by atoms with Crippen LogP contribution in [0.2, 0.25) is 10.0 Å². The van der Waals surface area contributed by atoms with E-state index in [4.69, 9.17) is 27.9 Å². The topological polar surface area (TPSA) is 79.0 Å². The number of nitrogens with zero attached hydrogens (tertiary/aromatic N) is 2. The predicted octanol–water partition coefficient (Wildman–Crippen LogP) is 3.46. The molecule has 1 saturated heterocycles. The molecule has 1 fully saturated rings. The Labute approximate surface area is 184 Å². The summed E-state index contributed by atoms with van der Waals surface area (Å²) in [5, 5.41) is 3.56. The number of rotatable bonds is 5. The third-order valence-electron chi connectivity index (χ3n) is 4.68. The second kappa shape index (κ2) is 10.3. The molecule has 1 aliphatic heterocycles. The van der Waals surface area contributed by atoms with E-state index >= 15 is 0 Å². The highest BCUT2D eigenvalue weighted by Crippen LogP contribution is 2.24. The van der Waals surface area contributed by atoms with Crippen molar-refractivity contribution in [3.8, 4) is 0 Å². The van der Waals surface area contributed by atoms with E-state index < -0.39 is 5.97 Å². The Kier molecular flexibility index (Phi) is 7.54. The fourth-order valence-corrected chi connectivity index (χ4v) is 3.54. The van der Waals surface area contributed by atoms with Crippen LogP contribution in [0.1, 0.15) is 5.56 Å². The minimum absolute atomic E-state index is 0.112. The number of nitrogens with one attached hydrogen (secondary N) is 1. The van der Waals surface area contributed by atoms with Gasteiger partial charge >= 0.3 is 12.0 Å². The summed E-state index contributed by atoms with van der Waals surface area (Å²) in [5.74, 6) is -0.893. The van der Waals surface area contributed by atoms with Crippen LogP contribution in [0.4, 0.5) is 10.5 Å². The molecule has 3 rings (SSSR count). The number of carbonyl (C=O) groups excluding carboxylic acids is 3. The van der Waals surface area contributed by atoms with Gasteiger partial charge in [-0.15, -0.1) is 0 Å². The van der Waals surface area contributed by atoms with E-state index in [1.807, 2.05) is 30.3 Å². The molecular weight excluding hydrogens is 429 g/mol. The zero-order valence-corrected chi connectivity index (χ0v) is 17.7. The van der Waals surface area contributed by atoms with Gasteiger partial charge < -0.3 is 19.9 Å². The molecule has 2 aromatic rings. The molecule has 1 N–H and O–H groups in total. The maximum atomic E-state index is 12.3. The van der Waals surface area contributed by atoms with Gasteiger partial charge in [0, 0.05) is 47.5 Å². The van der Waals surface area contributed by atoms with E-state index in [-0.39, 0.29) is 25.0 Å². The molecule has 30 heavy (non-hydrogen) atoms. The van der Waals surface area contributed by atoms with Gasteiger partial charge in [0.05, 0.1) is 6.42 Å². The molecule has 0 saturated carbocycles. The average molecular weight is 450 g/mol. The molecule has 0 unspecified atom stereocenters. The minimum atomic E-state index is -0.584. The first-order valence-electron chi connectivity index (χ1n) is 9.41. The van der Waals surface area contributed by atoms with Gasteiger partial charge in [0.2, 0.25) is 0 Å². The first-order valence-corrected chi connectivity index (χ1v) is 10.2. The van der Waals surface area contributed by atoms with Crippen LogP contribution >= 0.6 is 23.2 Å². The number of urea groups is 1. The van der Waals surface area contributed by atoms with Crippen LogP contribution in [0.15, 0.2) is 48.5 Å². The van der Waals surface area contributed by atoms with Crippen molar-refractivity contribution in [2.75, 3.05) is 38.1 Å². The van der Waals surface area contributed by atoms with Crippen LogP contribution in [-0.2, 0) is 20.7 Å². The number of esters is 1. The summed E-state index contributed by atoms with van der Waals surface area (Å²) >= 11 is 12.1. The molecule has 9 heteroatoms.